The predicted molar refractivity (Wildman–Crippen MR) is 90.3 cm³/mol. The van der Waals surface area contributed by atoms with E-state index in [9.17, 15) is 22.0 Å². The molecule has 2 aromatic rings. The third-order valence-corrected chi connectivity index (χ3v) is 3.74. The van der Waals surface area contributed by atoms with Crippen LogP contribution in [0.3, 0.4) is 0 Å². The monoisotopic (exact) mass is 390 g/mol. The molecular formula is C18H15F5O2S. The van der Waals surface area contributed by atoms with E-state index in [0.717, 1.165) is 17.7 Å². The van der Waals surface area contributed by atoms with Gasteiger partial charge < -0.3 is 9.47 Å². The highest BCUT2D eigenvalue weighted by molar-refractivity contribution is 7.79. The van der Waals surface area contributed by atoms with Crippen LogP contribution in [0.5, 0.6) is 5.75 Å². The van der Waals surface area contributed by atoms with E-state index in [-0.39, 0.29) is 11.3 Å². The molecule has 0 saturated heterocycles. The zero-order chi connectivity index (χ0) is 19.4. The van der Waals surface area contributed by atoms with Crippen molar-refractivity contribution in [2.75, 3.05) is 0 Å². The Morgan fingerprint density at radius 2 is 1.54 bits per heavy atom. The van der Waals surface area contributed by atoms with Crippen molar-refractivity contribution in [3.05, 3.63) is 65.7 Å². The molecule has 0 amide bonds. The summed E-state index contributed by atoms with van der Waals surface area (Å²) in [6, 6.07) is 13.0. The van der Waals surface area contributed by atoms with Gasteiger partial charge in [-0.1, -0.05) is 49.4 Å². The number of thiocarbonyl (C=S) groups is 1. The third kappa shape index (κ3) is 4.69. The van der Waals surface area contributed by atoms with E-state index in [1.165, 1.54) is 24.3 Å². The summed E-state index contributed by atoms with van der Waals surface area (Å²) in [6.07, 6.45) is -7.87. The van der Waals surface area contributed by atoms with Gasteiger partial charge in [0.1, 0.15) is 5.75 Å². The zero-order valence-electron chi connectivity index (χ0n) is 13.6. The molecule has 0 aliphatic carbocycles. The molecule has 0 bridgehead atoms. The van der Waals surface area contributed by atoms with Crippen molar-refractivity contribution in [1.29, 1.82) is 0 Å². The van der Waals surface area contributed by atoms with E-state index in [0.29, 0.717) is 6.42 Å². The first-order valence-corrected chi connectivity index (χ1v) is 8.03. The van der Waals surface area contributed by atoms with E-state index in [1.54, 1.807) is 18.2 Å². The molecule has 1 atom stereocenters. The van der Waals surface area contributed by atoms with Crippen molar-refractivity contribution < 1.29 is 31.4 Å². The van der Waals surface area contributed by atoms with E-state index >= 15 is 0 Å². The first-order valence-electron chi connectivity index (χ1n) is 7.62. The molecule has 0 heterocycles. The van der Waals surface area contributed by atoms with Crippen LogP contribution in [0.25, 0.3) is 0 Å². The molecular weight excluding hydrogens is 375 g/mol. The molecule has 0 fully saturated rings. The van der Waals surface area contributed by atoms with Gasteiger partial charge in [-0.05, 0) is 29.7 Å². The van der Waals surface area contributed by atoms with E-state index in [4.69, 9.17) is 21.7 Å². The number of ether oxygens (including phenoxy) is 2. The third-order valence-electron chi connectivity index (χ3n) is 3.56. The van der Waals surface area contributed by atoms with Crippen LogP contribution in [0, 0.1) is 0 Å². The quantitative estimate of drug-likeness (QED) is 0.470. The SMILES string of the molecule is CCc1ccc(C(OC(=S)Oc2ccccc2)C(F)(F)C(F)(F)F)cc1. The number of rotatable bonds is 5. The second kappa shape index (κ2) is 7.99. The summed E-state index contributed by atoms with van der Waals surface area (Å²) in [5.41, 5.74) is 0.425. The van der Waals surface area contributed by atoms with Gasteiger partial charge in [0.2, 0.25) is 6.10 Å². The van der Waals surface area contributed by atoms with E-state index < -0.39 is 23.4 Å². The predicted octanol–water partition coefficient (Wildman–Crippen LogP) is 5.87. The van der Waals surface area contributed by atoms with Gasteiger partial charge in [0.05, 0.1) is 0 Å². The first-order chi connectivity index (χ1) is 12.1. The average Bonchev–Trinajstić information content (AvgIpc) is 2.59. The molecule has 2 aromatic carbocycles. The smallest absolute Gasteiger partial charge is 0.441 e. The molecule has 0 aliphatic heterocycles. The number of halogens is 5. The zero-order valence-corrected chi connectivity index (χ0v) is 14.4. The maximum atomic E-state index is 14.0. The molecule has 2 nitrogen and oxygen atoms in total. The number of benzene rings is 2. The molecule has 26 heavy (non-hydrogen) atoms. The minimum Gasteiger partial charge on any atom is -0.441 e. The molecule has 8 heteroatoms. The summed E-state index contributed by atoms with van der Waals surface area (Å²) in [4.78, 5) is 0. The van der Waals surface area contributed by atoms with Gasteiger partial charge in [-0.15, -0.1) is 0 Å². The molecule has 0 spiro atoms. The van der Waals surface area contributed by atoms with Crippen LogP contribution in [0.4, 0.5) is 22.0 Å². The Labute approximate surface area is 152 Å². The van der Waals surface area contributed by atoms with Crippen molar-refractivity contribution in [2.24, 2.45) is 0 Å². The van der Waals surface area contributed by atoms with Crippen molar-refractivity contribution in [2.45, 2.75) is 31.5 Å². The van der Waals surface area contributed by atoms with Crippen molar-refractivity contribution in [1.82, 2.24) is 0 Å². The molecule has 0 aliphatic rings. The maximum absolute atomic E-state index is 14.0. The minimum atomic E-state index is -5.82. The lowest BCUT2D eigenvalue weighted by Gasteiger charge is -2.29. The van der Waals surface area contributed by atoms with Gasteiger partial charge in [-0.2, -0.15) is 22.0 Å². The molecule has 140 valence electrons. The molecule has 0 radical (unpaired) electrons. The Balaban J connectivity index is 2.29. The first kappa shape index (κ1) is 20.1. The second-order valence-corrected chi connectivity index (χ2v) is 5.71. The van der Waals surface area contributed by atoms with Gasteiger partial charge in [0.15, 0.2) is 0 Å². The summed E-state index contributed by atoms with van der Waals surface area (Å²) in [5.74, 6) is -5.00. The van der Waals surface area contributed by atoms with Crippen LogP contribution in [0.2, 0.25) is 0 Å². The standard InChI is InChI=1S/C18H15F5O2S/c1-2-12-8-10-13(11-9-12)15(17(19,20)18(21,22)23)25-16(26)24-14-6-4-3-5-7-14/h3-11,15H,2H2,1H3. The summed E-state index contributed by atoms with van der Waals surface area (Å²) < 4.78 is 76.4. The van der Waals surface area contributed by atoms with Crippen molar-refractivity contribution in [3.63, 3.8) is 0 Å². The number of para-hydroxylation sites is 1. The molecule has 0 aromatic heterocycles. The Bertz CT molecular complexity index is 729. The van der Waals surface area contributed by atoms with Gasteiger partial charge in [-0.3, -0.25) is 0 Å². The molecule has 1 unspecified atom stereocenters. The van der Waals surface area contributed by atoms with Crippen molar-refractivity contribution in [3.8, 4) is 5.75 Å². The molecule has 0 saturated carbocycles. The van der Waals surface area contributed by atoms with Crippen LogP contribution in [-0.4, -0.2) is 17.3 Å². The highest BCUT2D eigenvalue weighted by atomic mass is 32.1. The van der Waals surface area contributed by atoms with Crippen LogP contribution >= 0.6 is 12.2 Å². The van der Waals surface area contributed by atoms with Gasteiger partial charge in [0.25, 0.3) is 0 Å². The minimum absolute atomic E-state index is 0.160. The fraction of sp³-hybridized carbons (Fsp3) is 0.278. The summed E-state index contributed by atoms with van der Waals surface area (Å²) >= 11 is 4.71. The maximum Gasteiger partial charge on any atom is 0.457 e. The van der Waals surface area contributed by atoms with Crippen LogP contribution < -0.4 is 4.74 Å². The normalized spacial score (nSPS) is 13.2. The summed E-state index contributed by atoms with van der Waals surface area (Å²) in [6.45, 7) is 1.83. The molecule has 0 N–H and O–H groups in total. The fourth-order valence-electron chi connectivity index (χ4n) is 2.13. The van der Waals surface area contributed by atoms with Crippen LogP contribution in [-0.2, 0) is 11.2 Å². The van der Waals surface area contributed by atoms with E-state index in [2.05, 4.69) is 0 Å². The largest absolute Gasteiger partial charge is 0.457 e. The lowest BCUT2D eigenvalue weighted by molar-refractivity contribution is -0.313. The van der Waals surface area contributed by atoms with Gasteiger partial charge in [-0.25, -0.2) is 0 Å². The summed E-state index contributed by atoms with van der Waals surface area (Å²) in [7, 11) is 0. The molecule has 2 rings (SSSR count). The number of aryl methyl sites for hydroxylation is 1. The second-order valence-electron chi connectivity index (χ2n) is 5.38. The Hall–Kier alpha value is -2.22. The lowest BCUT2D eigenvalue weighted by atomic mass is 10.0. The number of hydrogen-bond acceptors (Lipinski definition) is 3. The number of hydrogen-bond donors (Lipinski definition) is 0. The highest BCUT2D eigenvalue weighted by Gasteiger charge is 2.64. The van der Waals surface area contributed by atoms with Crippen molar-refractivity contribution >= 4 is 17.5 Å². The number of alkyl halides is 5. The Kier molecular flexibility index (Phi) is 6.17. The highest BCUT2D eigenvalue weighted by Crippen LogP contribution is 2.46. The van der Waals surface area contributed by atoms with Crippen LogP contribution in [0.15, 0.2) is 54.6 Å². The Morgan fingerprint density at radius 1 is 0.962 bits per heavy atom. The summed E-state index contributed by atoms with van der Waals surface area (Å²) in [5, 5.41) is -0.829. The van der Waals surface area contributed by atoms with Gasteiger partial charge >= 0.3 is 17.3 Å². The van der Waals surface area contributed by atoms with E-state index in [1.807, 2.05) is 6.92 Å². The fourth-order valence-corrected chi connectivity index (χ4v) is 2.33. The van der Waals surface area contributed by atoms with Gasteiger partial charge in [0, 0.05) is 12.2 Å². The Morgan fingerprint density at radius 3 is 2.04 bits per heavy atom. The topological polar surface area (TPSA) is 18.5 Å². The lowest BCUT2D eigenvalue weighted by Crippen LogP contribution is -2.44. The average molecular weight is 390 g/mol. The van der Waals surface area contributed by atoms with Crippen LogP contribution in [0.1, 0.15) is 24.2 Å².